The Balaban J connectivity index is 1.85. The van der Waals surface area contributed by atoms with Crippen molar-refractivity contribution in [2.75, 3.05) is 18.8 Å². The lowest BCUT2D eigenvalue weighted by Gasteiger charge is -2.26. The average Bonchev–Trinajstić information content (AvgIpc) is 2.93. The minimum atomic E-state index is 0.615. The number of hydrogen-bond donors (Lipinski definition) is 1. The summed E-state index contributed by atoms with van der Waals surface area (Å²) in [6.45, 7) is 3.06. The first-order valence-corrected chi connectivity index (χ1v) is 9.31. The van der Waals surface area contributed by atoms with Crippen LogP contribution in [0.1, 0.15) is 25.0 Å². The van der Waals surface area contributed by atoms with E-state index in [-0.39, 0.29) is 0 Å². The van der Waals surface area contributed by atoms with Gasteiger partial charge in [0.1, 0.15) is 5.65 Å². The highest BCUT2D eigenvalue weighted by atomic mass is 35.5. The average molecular weight is 375 g/mol. The predicted molar refractivity (Wildman–Crippen MR) is 104 cm³/mol. The zero-order valence-electron chi connectivity index (χ0n) is 13.9. The van der Waals surface area contributed by atoms with E-state index in [9.17, 15) is 0 Å². The number of pyridine rings is 1. The Morgan fingerprint density at radius 3 is 2.60 bits per heavy atom. The van der Waals surface area contributed by atoms with Gasteiger partial charge in [0.2, 0.25) is 0 Å². The molecule has 25 heavy (non-hydrogen) atoms. The number of nitrogen functional groups attached to an aromatic ring is 1. The van der Waals surface area contributed by atoms with E-state index in [4.69, 9.17) is 33.9 Å². The summed E-state index contributed by atoms with van der Waals surface area (Å²) < 4.78 is 2.09. The second-order valence-electron chi connectivity index (χ2n) is 6.56. The molecule has 0 saturated carbocycles. The van der Waals surface area contributed by atoms with E-state index in [0.717, 1.165) is 47.9 Å². The van der Waals surface area contributed by atoms with Crippen LogP contribution in [0, 0.1) is 0 Å². The predicted octanol–water partition coefficient (Wildman–Crippen LogP) is 4.88. The number of rotatable bonds is 3. The number of nitrogens with two attached hydrogens (primary N) is 1. The minimum Gasteiger partial charge on any atom is -0.398 e. The van der Waals surface area contributed by atoms with Gasteiger partial charge in [-0.05, 0) is 56.3 Å². The lowest BCUT2D eigenvalue weighted by Crippen LogP contribution is -2.29. The molecule has 0 radical (unpaired) electrons. The highest BCUT2D eigenvalue weighted by Crippen LogP contribution is 2.33. The molecule has 1 saturated heterocycles. The Hall–Kier alpha value is -1.75. The normalized spacial score (nSPS) is 15.8. The zero-order valence-corrected chi connectivity index (χ0v) is 15.4. The number of benzene rings is 1. The molecule has 0 unspecified atom stereocenters. The summed E-state index contributed by atoms with van der Waals surface area (Å²) in [6.07, 6.45) is 5.74. The molecule has 1 aliphatic heterocycles. The van der Waals surface area contributed by atoms with Gasteiger partial charge in [0, 0.05) is 29.0 Å². The monoisotopic (exact) mass is 374 g/mol. The van der Waals surface area contributed by atoms with Crippen LogP contribution < -0.4 is 5.73 Å². The number of fused-ring (bicyclic) bond motifs is 1. The van der Waals surface area contributed by atoms with Crippen LogP contribution in [0.15, 0.2) is 36.5 Å². The fourth-order valence-corrected chi connectivity index (χ4v) is 3.99. The van der Waals surface area contributed by atoms with E-state index < -0.39 is 0 Å². The maximum absolute atomic E-state index is 6.47. The van der Waals surface area contributed by atoms with Gasteiger partial charge in [-0.3, -0.25) is 4.90 Å². The summed E-state index contributed by atoms with van der Waals surface area (Å²) in [4.78, 5) is 7.31. The van der Waals surface area contributed by atoms with Crippen molar-refractivity contribution in [2.24, 2.45) is 0 Å². The number of halogens is 2. The molecule has 0 atom stereocenters. The third-order valence-electron chi connectivity index (χ3n) is 4.75. The Morgan fingerprint density at radius 2 is 1.84 bits per heavy atom. The molecule has 0 bridgehead atoms. The molecule has 130 valence electrons. The largest absolute Gasteiger partial charge is 0.398 e. The summed E-state index contributed by atoms with van der Waals surface area (Å²) in [7, 11) is 0. The van der Waals surface area contributed by atoms with Gasteiger partial charge in [0.15, 0.2) is 0 Å². The fourth-order valence-electron chi connectivity index (χ4n) is 3.49. The summed E-state index contributed by atoms with van der Waals surface area (Å²) in [6, 6.07) is 9.38. The molecule has 4 rings (SSSR count). The van der Waals surface area contributed by atoms with Crippen LogP contribution >= 0.6 is 23.2 Å². The number of nitrogens with zero attached hydrogens (tertiary/aromatic N) is 3. The van der Waals surface area contributed by atoms with E-state index in [0.29, 0.717) is 10.0 Å². The first-order chi connectivity index (χ1) is 12.1. The molecular formula is C19H20Cl2N4. The Morgan fingerprint density at radius 1 is 1.04 bits per heavy atom. The van der Waals surface area contributed by atoms with E-state index in [1.54, 1.807) is 6.07 Å². The van der Waals surface area contributed by atoms with Crippen LogP contribution in [0.5, 0.6) is 0 Å². The van der Waals surface area contributed by atoms with E-state index >= 15 is 0 Å². The highest BCUT2D eigenvalue weighted by Gasteiger charge is 2.20. The van der Waals surface area contributed by atoms with Crippen molar-refractivity contribution in [3.63, 3.8) is 0 Å². The van der Waals surface area contributed by atoms with Crippen LogP contribution in [0.3, 0.4) is 0 Å². The SMILES string of the molecule is Nc1ccc2nc(-c3ccc(Cl)cc3Cl)c(CN3CCCCC3)n2c1. The topological polar surface area (TPSA) is 46.6 Å². The molecule has 2 aromatic heterocycles. The van der Waals surface area contributed by atoms with Gasteiger partial charge < -0.3 is 10.1 Å². The molecule has 4 nitrogen and oxygen atoms in total. The van der Waals surface area contributed by atoms with Crippen molar-refractivity contribution in [2.45, 2.75) is 25.8 Å². The van der Waals surface area contributed by atoms with Crippen molar-refractivity contribution in [3.8, 4) is 11.3 Å². The molecule has 3 aromatic rings. The highest BCUT2D eigenvalue weighted by molar-refractivity contribution is 6.36. The number of piperidine rings is 1. The molecule has 1 aliphatic rings. The van der Waals surface area contributed by atoms with Crippen LogP contribution in [0.2, 0.25) is 10.0 Å². The number of likely N-dealkylation sites (tertiary alicyclic amines) is 1. The molecule has 0 aliphatic carbocycles. The summed E-state index contributed by atoms with van der Waals surface area (Å²) in [5, 5.41) is 1.24. The van der Waals surface area contributed by atoms with Gasteiger partial charge in [0.25, 0.3) is 0 Å². The van der Waals surface area contributed by atoms with Crippen LogP contribution in [0.25, 0.3) is 16.9 Å². The van der Waals surface area contributed by atoms with Crippen LogP contribution in [-0.2, 0) is 6.54 Å². The number of hydrogen-bond acceptors (Lipinski definition) is 3. The number of imidazole rings is 1. The summed E-state index contributed by atoms with van der Waals surface area (Å²) in [5.74, 6) is 0. The van der Waals surface area contributed by atoms with Crippen molar-refractivity contribution < 1.29 is 0 Å². The molecule has 6 heteroatoms. The van der Waals surface area contributed by atoms with Crippen molar-refractivity contribution in [3.05, 3.63) is 52.3 Å². The van der Waals surface area contributed by atoms with E-state index in [1.807, 2.05) is 30.5 Å². The van der Waals surface area contributed by atoms with Crippen molar-refractivity contribution in [1.82, 2.24) is 14.3 Å². The summed E-state index contributed by atoms with van der Waals surface area (Å²) in [5.41, 5.74) is 10.5. The minimum absolute atomic E-state index is 0.615. The van der Waals surface area contributed by atoms with Crippen molar-refractivity contribution >= 4 is 34.5 Å². The quantitative estimate of drug-likeness (QED) is 0.710. The Kier molecular flexibility index (Phi) is 4.59. The molecular weight excluding hydrogens is 355 g/mol. The van der Waals surface area contributed by atoms with Gasteiger partial charge in [-0.1, -0.05) is 29.6 Å². The fraction of sp³-hybridized carbons (Fsp3) is 0.316. The first-order valence-electron chi connectivity index (χ1n) is 8.56. The lowest BCUT2D eigenvalue weighted by atomic mass is 10.1. The van der Waals surface area contributed by atoms with Gasteiger partial charge in [-0.2, -0.15) is 0 Å². The molecule has 1 aromatic carbocycles. The molecule has 0 spiro atoms. The Bertz CT molecular complexity index is 913. The van der Waals surface area contributed by atoms with Gasteiger partial charge in [-0.15, -0.1) is 0 Å². The van der Waals surface area contributed by atoms with Gasteiger partial charge in [-0.25, -0.2) is 4.98 Å². The third-order valence-corrected chi connectivity index (χ3v) is 5.30. The van der Waals surface area contributed by atoms with E-state index in [2.05, 4.69) is 9.30 Å². The second kappa shape index (κ2) is 6.87. The number of anilines is 1. The van der Waals surface area contributed by atoms with Gasteiger partial charge >= 0.3 is 0 Å². The molecule has 0 amide bonds. The van der Waals surface area contributed by atoms with Gasteiger partial charge in [0.05, 0.1) is 16.4 Å². The second-order valence-corrected chi connectivity index (χ2v) is 7.40. The molecule has 2 N–H and O–H groups in total. The molecule has 3 heterocycles. The smallest absolute Gasteiger partial charge is 0.137 e. The third kappa shape index (κ3) is 3.34. The van der Waals surface area contributed by atoms with Crippen LogP contribution in [0.4, 0.5) is 5.69 Å². The maximum Gasteiger partial charge on any atom is 0.137 e. The van der Waals surface area contributed by atoms with E-state index in [1.165, 1.54) is 19.3 Å². The lowest BCUT2D eigenvalue weighted by molar-refractivity contribution is 0.218. The molecule has 1 fully saturated rings. The van der Waals surface area contributed by atoms with Crippen molar-refractivity contribution in [1.29, 1.82) is 0 Å². The number of aromatic nitrogens is 2. The maximum atomic E-state index is 6.47. The van der Waals surface area contributed by atoms with Crippen LogP contribution in [-0.4, -0.2) is 27.4 Å². The standard InChI is InChI=1S/C19H20Cl2N4/c20-13-4-6-15(16(21)10-13)19-17(12-24-8-2-1-3-9-24)25-11-14(22)5-7-18(25)23-19/h4-7,10-11H,1-3,8-9,12,22H2. The summed E-state index contributed by atoms with van der Waals surface area (Å²) >= 11 is 12.5. The Labute approximate surface area is 157 Å². The zero-order chi connectivity index (χ0) is 17.4. The first kappa shape index (κ1) is 16.7.